The standard InChI is InChI=1S/C15H17FN2O3/c16-12-7-2-1-6-11(12)15(21)18-13(14(17)20)9-4-3-5-10(19)8-9/h1-2,6-7,9,13H,3-5,8H2,(H2,17,20)(H,18,21)/t9-,13+/m1/s1. The third-order valence-electron chi connectivity index (χ3n) is 3.70. The minimum atomic E-state index is -0.957. The van der Waals surface area contributed by atoms with Crippen LogP contribution in [0.25, 0.3) is 0 Å². The largest absolute Gasteiger partial charge is 0.368 e. The molecular weight excluding hydrogens is 275 g/mol. The zero-order valence-electron chi connectivity index (χ0n) is 11.5. The zero-order chi connectivity index (χ0) is 15.4. The minimum absolute atomic E-state index is 0.0534. The predicted molar refractivity (Wildman–Crippen MR) is 73.8 cm³/mol. The topological polar surface area (TPSA) is 89.3 Å². The summed E-state index contributed by atoms with van der Waals surface area (Å²) in [5.74, 6) is -2.34. The molecule has 2 amide bonds. The van der Waals surface area contributed by atoms with Gasteiger partial charge in [-0.25, -0.2) is 4.39 Å². The molecule has 1 aliphatic rings. The van der Waals surface area contributed by atoms with Gasteiger partial charge in [-0.05, 0) is 30.9 Å². The van der Waals surface area contributed by atoms with E-state index in [-0.39, 0.29) is 23.7 Å². The number of carbonyl (C=O) groups excluding carboxylic acids is 3. The Hall–Kier alpha value is -2.24. The Labute approximate surface area is 121 Å². The van der Waals surface area contributed by atoms with Crippen LogP contribution >= 0.6 is 0 Å². The molecule has 112 valence electrons. The highest BCUT2D eigenvalue weighted by atomic mass is 19.1. The lowest BCUT2D eigenvalue weighted by molar-refractivity contribution is -0.124. The van der Waals surface area contributed by atoms with E-state index in [2.05, 4.69) is 5.32 Å². The second-order valence-corrected chi connectivity index (χ2v) is 5.23. The van der Waals surface area contributed by atoms with Gasteiger partial charge in [0.05, 0.1) is 5.56 Å². The van der Waals surface area contributed by atoms with E-state index in [4.69, 9.17) is 5.73 Å². The summed E-state index contributed by atoms with van der Waals surface area (Å²) < 4.78 is 13.6. The van der Waals surface area contributed by atoms with E-state index in [1.807, 2.05) is 0 Å². The molecule has 2 atom stereocenters. The van der Waals surface area contributed by atoms with E-state index in [9.17, 15) is 18.8 Å². The number of amides is 2. The molecule has 0 radical (unpaired) electrons. The van der Waals surface area contributed by atoms with Crippen LogP contribution in [0.15, 0.2) is 24.3 Å². The number of hydrogen-bond donors (Lipinski definition) is 2. The summed E-state index contributed by atoms with van der Waals surface area (Å²) in [6.07, 6.45) is 2.01. The van der Waals surface area contributed by atoms with Gasteiger partial charge < -0.3 is 11.1 Å². The predicted octanol–water partition coefficient (Wildman–Crippen LogP) is 1.17. The van der Waals surface area contributed by atoms with Gasteiger partial charge >= 0.3 is 0 Å². The molecule has 21 heavy (non-hydrogen) atoms. The fourth-order valence-electron chi connectivity index (χ4n) is 2.63. The fourth-order valence-corrected chi connectivity index (χ4v) is 2.63. The van der Waals surface area contributed by atoms with Crippen molar-refractivity contribution in [3.8, 4) is 0 Å². The first-order valence-electron chi connectivity index (χ1n) is 6.85. The molecule has 1 aromatic carbocycles. The van der Waals surface area contributed by atoms with Crippen LogP contribution in [0.1, 0.15) is 36.0 Å². The molecule has 0 heterocycles. The van der Waals surface area contributed by atoms with Crippen LogP contribution in [-0.4, -0.2) is 23.6 Å². The quantitative estimate of drug-likeness (QED) is 0.873. The van der Waals surface area contributed by atoms with Gasteiger partial charge in [-0.3, -0.25) is 14.4 Å². The summed E-state index contributed by atoms with van der Waals surface area (Å²) in [6, 6.07) is 4.53. The van der Waals surface area contributed by atoms with E-state index in [0.29, 0.717) is 19.3 Å². The highest BCUT2D eigenvalue weighted by Crippen LogP contribution is 2.24. The summed E-state index contributed by atoms with van der Waals surface area (Å²) in [6.45, 7) is 0. The fraction of sp³-hybridized carbons (Fsp3) is 0.400. The lowest BCUT2D eigenvalue weighted by atomic mass is 9.82. The normalized spacial score (nSPS) is 19.9. The number of carbonyl (C=O) groups is 3. The van der Waals surface area contributed by atoms with Gasteiger partial charge in [0.1, 0.15) is 17.6 Å². The van der Waals surface area contributed by atoms with E-state index >= 15 is 0 Å². The van der Waals surface area contributed by atoms with Crippen molar-refractivity contribution in [3.63, 3.8) is 0 Å². The van der Waals surface area contributed by atoms with Crippen molar-refractivity contribution in [2.45, 2.75) is 31.7 Å². The number of hydrogen-bond acceptors (Lipinski definition) is 3. The number of halogens is 1. The molecule has 0 unspecified atom stereocenters. The molecule has 6 heteroatoms. The van der Waals surface area contributed by atoms with Gasteiger partial charge in [-0.2, -0.15) is 0 Å². The van der Waals surface area contributed by atoms with E-state index in [1.54, 1.807) is 0 Å². The van der Waals surface area contributed by atoms with Gasteiger partial charge in [-0.15, -0.1) is 0 Å². The van der Waals surface area contributed by atoms with Crippen LogP contribution in [0.5, 0.6) is 0 Å². The summed E-state index contributed by atoms with van der Waals surface area (Å²) in [5, 5.41) is 2.46. The van der Waals surface area contributed by atoms with Gasteiger partial charge in [-0.1, -0.05) is 12.1 Å². The maximum Gasteiger partial charge on any atom is 0.254 e. The Balaban J connectivity index is 2.13. The molecular formula is C15H17FN2O3. The average molecular weight is 292 g/mol. The third-order valence-corrected chi connectivity index (χ3v) is 3.70. The van der Waals surface area contributed by atoms with Gasteiger partial charge in [0.25, 0.3) is 5.91 Å². The average Bonchev–Trinajstić information content (AvgIpc) is 2.44. The van der Waals surface area contributed by atoms with Crippen molar-refractivity contribution in [2.75, 3.05) is 0 Å². The smallest absolute Gasteiger partial charge is 0.254 e. The molecule has 0 saturated heterocycles. The minimum Gasteiger partial charge on any atom is -0.368 e. The maximum absolute atomic E-state index is 13.6. The Morgan fingerprint density at radius 3 is 2.67 bits per heavy atom. The number of primary amides is 1. The van der Waals surface area contributed by atoms with Crippen molar-refractivity contribution < 1.29 is 18.8 Å². The summed E-state index contributed by atoms with van der Waals surface area (Å²) in [7, 11) is 0. The second-order valence-electron chi connectivity index (χ2n) is 5.23. The zero-order valence-corrected chi connectivity index (χ0v) is 11.5. The van der Waals surface area contributed by atoms with Crippen LogP contribution in [-0.2, 0) is 9.59 Å². The Kier molecular flexibility index (Phi) is 4.67. The number of nitrogens with one attached hydrogen (secondary N) is 1. The van der Waals surface area contributed by atoms with Gasteiger partial charge in [0.15, 0.2) is 0 Å². The van der Waals surface area contributed by atoms with Crippen molar-refractivity contribution in [2.24, 2.45) is 11.7 Å². The highest BCUT2D eigenvalue weighted by Gasteiger charge is 2.32. The molecule has 0 spiro atoms. The van der Waals surface area contributed by atoms with Crippen molar-refractivity contribution in [3.05, 3.63) is 35.6 Å². The maximum atomic E-state index is 13.6. The SMILES string of the molecule is NC(=O)[C@@H](NC(=O)c1ccccc1F)[C@@H]1CCCC(=O)C1. The lowest BCUT2D eigenvalue weighted by Crippen LogP contribution is -2.50. The Morgan fingerprint density at radius 2 is 2.05 bits per heavy atom. The number of ketones is 1. The lowest BCUT2D eigenvalue weighted by Gasteiger charge is -2.28. The molecule has 5 nitrogen and oxygen atoms in total. The molecule has 3 N–H and O–H groups in total. The van der Waals surface area contributed by atoms with Gasteiger partial charge in [0.2, 0.25) is 5.91 Å². The monoisotopic (exact) mass is 292 g/mol. The molecule has 1 aliphatic carbocycles. The number of nitrogens with two attached hydrogens (primary N) is 1. The molecule has 0 aliphatic heterocycles. The van der Waals surface area contributed by atoms with Crippen molar-refractivity contribution in [1.82, 2.24) is 5.32 Å². The summed E-state index contributed by atoms with van der Waals surface area (Å²) >= 11 is 0. The van der Waals surface area contributed by atoms with Gasteiger partial charge in [0, 0.05) is 12.8 Å². The number of Topliss-reactive ketones (excluding diaryl/α,β-unsaturated/α-hetero) is 1. The van der Waals surface area contributed by atoms with Crippen LogP contribution in [0.3, 0.4) is 0 Å². The Bertz CT molecular complexity index is 574. The first kappa shape index (κ1) is 15.2. The molecule has 1 aromatic rings. The summed E-state index contributed by atoms with van der Waals surface area (Å²) in [5.41, 5.74) is 5.17. The van der Waals surface area contributed by atoms with Crippen molar-refractivity contribution >= 4 is 17.6 Å². The molecule has 1 saturated carbocycles. The molecule has 1 fully saturated rings. The first-order chi connectivity index (χ1) is 9.99. The number of rotatable bonds is 4. The van der Waals surface area contributed by atoms with Crippen LogP contribution in [0.2, 0.25) is 0 Å². The summed E-state index contributed by atoms with van der Waals surface area (Å²) in [4.78, 5) is 35.1. The van der Waals surface area contributed by atoms with E-state index in [1.165, 1.54) is 24.3 Å². The highest BCUT2D eigenvalue weighted by molar-refractivity contribution is 5.97. The molecule has 0 bridgehead atoms. The van der Waals surface area contributed by atoms with E-state index < -0.39 is 23.7 Å². The Morgan fingerprint density at radius 1 is 1.33 bits per heavy atom. The number of benzene rings is 1. The van der Waals surface area contributed by atoms with E-state index in [0.717, 1.165) is 0 Å². The van der Waals surface area contributed by atoms with Crippen molar-refractivity contribution in [1.29, 1.82) is 0 Å². The van der Waals surface area contributed by atoms with Crippen LogP contribution < -0.4 is 11.1 Å². The first-order valence-corrected chi connectivity index (χ1v) is 6.85. The second kappa shape index (κ2) is 6.47. The van der Waals surface area contributed by atoms with Crippen LogP contribution in [0, 0.1) is 11.7 Å². The molecule has 0 aromatic heterocycles. The van der Waals surface area contributed by atoms with Crippen LogP contribution in [0.4, 0.5) is 4.39 Å². The third kappa shape index (κ3) is 3.65. The molecule has 2 rings (SSSR count).